The monoisotopic (exact) mass is 385 g/mol. The third-order valence-electron chi connectivity index (χ3n) is 2.36. The Hall–Kier alpha value is -1.40. The molecule has 0 bridgehead atoms. The molecule has 0 aliphatic rings. The number of nitrogens with zero attached hydrogens (tertiary/aromatic N) is 1. The molecule has 0 aliphatic heterocycles. The van der Waals surface area contributed by atoms with Crippen molar-refractivity contribution >= 4 is 37.5 Å². The second-order valence-electron chi connectivity index (χ2n) is 3.82. The van der Waals surface area contributed by atoms with Crippen molar-refractivity contribution in [1.29, 1.82) is 0 Å². The highest BCUT2D eigenvalue weighted by molar-refractivity contribution is 9.10. The molecule has 0 saturated carbocycles. The number of rotatable bonds is 4. The van der Waals surface area contributed by atoms with Crippen LogP contribution in [-0.4, -0.2) is 4.92 Å². The summed E-state index contributed by atoms with van der Waals surface area (Å²) >= 11 is 6.61. The lowest BCUT2D eigenvalue weighted by atomic mass is 10.2. The quantitative estimate of drug-likeness (QED) is 0.565. The molecule has 0 heterocycles. The van der Waals surface area contributed by atoms with Crippen LogP contribution >= 0.6 is 31.9 Å². The molecule has 0 aromatic heterocycles. The maximum atomic E-state index is 10.7. The van der Waals surface area contributed by atoms with Crippen LogP contribution < -0.4 is 4.74 Å². The van der Waals surface area contributed by atoms with E-state index in [0.29, 0.717) is 16.8 Å². The first-order valence-electron chi connectivity index (χ1n) is 5.37. The number of hydrogen-bond donors (Lipinski definition) is 0. The largest absolute Gasteiger partial charge is 0.489 e. The Morgan fingerprint density at radius 1 is 1.11 bits per heavy atom. The van der Waals surface area contributed by atoms with Gasteiger partial charge in [0.25, 0.3) is 5.69 Å². The average Bonchev–Trinajstić information content (AvgIpc) is 2.36. The van der Waals surface area contributed by atoms with E-state index in [-0.39, 0.29) is 5.69 Å². The molecular formula is C13H9Br2NO3. The summed E-state index contributed by atoms with van der Waals surface area (Å²) in [6.45, 7) is 0.354. The van der Waals surface area contributed by atoms with Gasteiger partial charge in [-0.1, -0.05) is 44.0 Å². The Balaban J connectivity index is 2.13. The molecule has 2 aromatic rings. The minimum atomic E-state index is -0.448. The zero-order valence-corrected chi connectivity index (χ0v) is 12.8. The lowest BCUT2D eigenvalue weighted by Crippen LogP contribution is -1.96. The maximum Gasteiger partial charge on any atom is 0.274 e. The van der Waals surface area contributed by atoms with Crippen LogP contribution in [0.2, 0.25) is 0 Å². The van der Waals surface area contributed by atoms with Gasteiger partial charge in [-0.05, 0) is 23.8 Å². The van der Waals surface area contributed by atoms with Gasteiger partial charge < -0.3 is 4.74 Å². The van der Waals surface area contributed by atoms with Gasteiger partial charge in [-0.2, -0.15) is 0 Å². The molecule has 0 atom stereocenters. The Kier molecular flexibility index (Phi) is 4.55. The third-order valence-corrected chi connectivity index (χ3v) is 3.31. The molecule has 19 heavy (non-hydrogen) atoms. The van der Waals surface area contributed by atoms with Crippen LogP contribution in [0.15, 0.2) is 51.4 Å². The lowest BCUT2D eigenvalue weighted by molar-refractivity contribution is -0.385. The molecule has 2 aromatic carbocycles. The average molecular weight is 387 g/mol. The van der Waals surface area contributed by atoms with E-state index in [1.165, 1.54) is 12.1 Å². The topological polar surface area (TPSA) is 52.4 Å². The van der Waals surface area contributed by atoms with E-state index >= 15 is 0 Å². The molecule has 98 valence electrons. The summed E-state index contributed by atoms with van der Waals surface area (Å²) in [6.07, 6.45) is 0. The highest BCUT2D eigenvalue weighted by atomic mass is 79.9. The van der Waals surface area contributed by atoms with Crippen molar-refractivity contribution in [2.24, 2.45) is 0 Å². The molecule has 0 aliphatic carbocycles. The van der Waals surface area contributed by atoms with E-state index in [1.807, 2.05) is 24.3 Å². The summed E-state index contributed by atoms with van der Waals surface area (Å²) in [5.74, 6) is 0.459. The van der Waals surface area contributed by atoms with Gasteiger partial charge in [0, 0.05) is 15.0 Å². The van der Waals surface area contributed by atoms with E-state index in [9.17, 15) is 10.1 Å². The fraction of sp³-hybridized carbons (Fsp3) is 0.0769. The standard InChI is InChI=1S/C13H9Br2NO3/c14-10-3-1-2-9(4-10)8-19-13-6-11(15)5-12(7-13)16(17)18/h1-7H,8H2. The summed E-state index contributed by atoms with van der Waals surface area (Å²) in [4.78, 5) is 10.3. The van der Waals surface area contributed by atoms with Crippen LogP contribution in [0.3, 0.4) is 0 Å². The molecule has 0 fully saturated rings. The zero-order chi connectivity index (χ0) is 13.8. The second kappa shape index (κ2) is 6.16. The minimum absolute atomic E-state index is 0.00128. The van der Waals surface area contributed by atoms with Crippen molar-refractivity contribution in [3.8, 4) is 5.75 Å². The SMILES string of the molecule is O=[N+]([O-])c1cc(Br)cc(OCc2cccc(Br)c2)c1. The maximum absolute atomic E-state index is 10.7. The van der Waals surface area contributed by atoms with Crippen molar-refractivity contribution in [2.75, 3.05) is 0 Å². The summed E-state index contributed by atoms with van der Waals surface area (Å²) in [7, 11) is 0. The first kappa shape index (κ1) is 14.0. The van der Waals surface area contributed by atoms with Crippen molar-refractivity contribution in [2.45, 2.75) is 6.61 Å². The lowest BCUT2D eigenvalue weighted by Gasteiger charge is -2.07. The zero-order valence-electron chi connectivity index (χ0n) is 9.68. The molecule has 4 nitrogen and oxygen atoms in total. The molecule has 6 heteroatoms. The van der Waals surface area contributed by atoms with Crippen LogP contribution in [0.25, 0.3) is 0 Å². The number of non-ortho nitro benzene ring substituents is 1. The Labute approximate surface area is 126 Å². The Bertz CT molecular complexity index is 617. The predicted octanol–water partition coefficient (Wildman–Crippen LogP) is 4.70. The molecule has 0 radical (unpaired) electrons. The highest BCUT2D eigenvalue weighted by Crippen LogP contribution is 2.26. The molecule has 0 N–H and O–H groups in total. The molecular weight excluding hydrogens is 378 g/mol. The number of nitro benzene ring substituents is 1. The van der Waals surface area contributed by atoms with Gasteiger partial charge in [0.1, 0.15) is 12.4 Å². The first-order chi connectivity index (χ1) is 9.04. The number of nitro groups is 1. The van der Waals surface area contributed by atoms with E-state index in [4.69, 9.17) is 4.74 Å². The van der Waals surface area contributed by atoms with Crippen molar-refractivity contribution in [3.05, 3.63) is 67.1 Å². The summed E-state index contributed by atoms with van der Waals surface area (Å²) < 4.78 is 7.15. The second-order valence-corrected chi connectivity index (χ2v) is 5.65. The van der Waals surface area contributed by atoms with Gasteiger partial charge in [0.15, 0.2) is 0 Å². The van der Waals surface area contributed by atoms with Crippen LogP contribution in [-0.2, 0) is 6.61 Å². The predicted molar refractivity (Wildman–Crippen MR) is 79.3 cm³/mol. The fourth-order valence-electron chi connectivity index (χ4n) is 1.53. The molecule has 0 amide bonds. The van der Waals surface area contributed by atoms with Gasteiger partial charge in [0.2, 0.25) is 0 Å². The number of hydrogen-bond acceptors (Lipinski definition) is 3. The molecule has 2 rings (SSSR count). The molecule has 0 unspecified atom stereocenters. The van der Waals surface area contributed by atoms with Gasteiger partial charge in [0.05, 0.1) is 11.0 Å². The number of ether oxygens (including phenoxy) is 1. The van der Waals surface area contributed by atoms with Crippen LogP contribution in [0.5, 0.6) is 5.75 Å². The van der Waals surface area contributed by atoms with Gasteiger partial charge in [-0.15, -0.1) is 0 Å². The van der Waals surface area contributed by atoms with E-state index in [1.54, 1.807) is 6.07 Å². The van der Waals surface area contributed by atoms with Gasteiger partial charge in [-0.25, -0.2) is 0 Å². The fourth-order valence-corrected chi connectivity index (χ4v) is 2.44. The molecule has 0 spiro atoms. The van der Waals surface area contributed by atoms with Crippen LogP contribution in [0, 0.1) is 10.1 Å². The summed E-state index contributed by atoms with van der Waals surface area (Å²) in [6, 6.07) is 12.2. The number of benzene rings is 2. The number of halogens is 2. The van der Waals surface area contributed by atoms with Crippen molar-refractivity contribution < 1.29 is 9.66 Å². The van der Waals surface area contributed by atoms with Gasteiger partial charge >= 0.3 is 0 Å². The van der Waals surface area contributed by atoms with E-state index in [2.05, 4.69) is 31.9 Å². The smallest absolute Gasteiger partial charge is 0.274 e. The third kappa shape index (κ3) is 4.04. The van der Waals surface area contributed by atoms with E-state index in [0.717, 1.165) is 10.0 Å². The Morgan fingerprint density at radius 3 is 2.58 bits per heavy atom. The van der Waals surface area contributed by atoms with Crippen molar-refractivity contribution in [3.63, 3.8) is 0 Å². The van der Waals surface area contributed by atoms with Crippen LogP contribution in [0.4, 0.5) is 5.69 Å². The normalized spacial score (nSPS) is 10.2. The summed E-state index contributed by atoms with van der Waals surface area (Å²) in [5.41, 5.74) is 0.982. The minimum Gasteiger partial charge on any atom is -0.489 e. The summed E-state index contributed by atoms with van der Waals surface area (Å²) in [5, 5.41) is 10.7. The molecule has 0 saturated heterocycles. The van der Waals surface area contributed by atoms with E-state index < -0.39 is 4.92 Å². The van der Waals surface area contributed by atoms with Crippen LogP contribution in [0.1, 0.15) is 5.56 Å². The highest BCUT2D eigenvalue weighted by Gasteiger charge is 2.09. The van der Waals surface area contributed by atoms with Crippen molar-refractivity contribution in [1.82, 2.24) is 0 Å². The van der Waals surface area contributed by atoms with Gasteiger partial charge in [-0.3, -0.25) is 10.1 Å². The first-order valence-corrected chi connectivity index (χ1v) is 6.95. The Morgan fingerprint density at radius 2 is 1.89 bits per heavy atom.